The van der Waals surface area contributed by atoms with Crippen LogP contribution in [0.1, 0.15) is 88.0 Å². The molecule has 1 amide bonds. The first kappa shape index (κ1) is 23.7. The summed E-state index contributed by atoms with van der Waals surface area (Å²) >= 11 is 0. The molecule has 1 unspecified atom stereocenters. The third-order valence-electron chi connectivity index (χ3n) is 5.47. The van der Waals surface area contributed by atoms with Gasteiger partial charge in [-0.25, -0.2) is 4.98 Å². The summed E-state index contributed by atoms with van der Waals surface area (Å²) in [5, 5.41) is 11.4. The van der Waals surface area contributed by atoms with Crippen LogP contribution in [0.15, 0.2) is 30.6 Å². The van der Waals surface area contributed by atoms with E-state index in [1.165, 1.54) is 19.3 Å². The predicted octanol–water partition coefficient (Wildman–Crippen LogP) is 5.79. The zero-order chi connectivity index (χ0) is 23.3. The van der Waals surface area contributed by atoms with Crippen LogP contribution in [-0.2, 0) is 0 Å². The van der Waals surface area contributed by atoms with Crippen LogP contribution in [0, 0.1) is 12.3 Å². The Morgan fingerprint density at radius 1 is 1.19 bits per heavy atom. The number of carbonyl (C=O) groups excluding carboxylic acids is 1. The van der Waals surface area contributed by atoms with E-state index in [-0.39, 0.29) is 5.91 Å². The lowest BCUT2D eigenvalue weighted by Crippen LogP contribution is -2.16. The van der Waals surface area contributed by atoms with E-state index < -0.39 is 0 Å². The quantitative estimate of drug-likeness (QED) is 0.428. The van der Waals surface area contributed by atoms with Crippen molar-refractivity contribution in [3.05, 3.63) is 47.5 Å². The Kier molecular flexibility index (Phi) is 7.48. The molecule has 3 rings (SSSR count). The van der Waals surface area contributed by atoms with Crippen LogP contribution in [0.5, 0.6) is 5.75 Å². The molecule has 32 heavy (non-hydrogen) atoms. The van der Waals surface area contributed by atoms with Crippen LogP contribution in [0.3, 0.4) is 0 Å². The lowest BCUT2D eigenvalue weighted by molar-refractivity contribution is 0.102. The summed E-state index contributed by atoms with van der Waals surface area (Å²) in [6.07, 6.45) is 8.31. The van der Waals surface area contributed by atoms with Gasteiger partial charge in [0, 0.05) is 24.4 Å². The Hall–Kier alpha value is -2.96. The molecule has 0 saturated heterocycles. The number of rotatable bonds is 9. The summed E-state index contributed by atoms with van der Waals surface area (Å²) in [5.41, 5.74) is 3.37. The van der Waals surface area contributed by atoms with Crippen LogP contribution in [0.25, 0.3) is 5.65 Å². The van der Waals surface area contributed by atoms with Crippen molar-refractivity contribution < 1.29 is 9.53 Å². The zero-order valence-electron chi connectivity index (χ0n) is 20.1. The van der Waals surface area contributed by atoms with E-state index in [0.29, 0.717) is 35.1 Å². The van der Waals surface area contributed by atoms with Crippen LogP contribution in [-0.4, -0.2) is 32.1 Å². The highest BCUT2D eigenvalue weighted by atomic mass is 16.5. The number of anilines is 1. The van der Waals surface area contributed by atoms with Crippen LogP contribution < -0.4 is 10.1 Å². The Morgan fingerprint density at radius 2 is 1.97 bits per heavy atom. The van der Waals surface area contributed by atoms with Crippen molar-refractivity contribution in [3.63, 3.8) is 0 Å². The van der Waals surface area contributed by atoms with Gasteiger partial charge in [-0.2, -0.15) is 5.10 Å². The fraction of sp³-hybridized carbons (Fsp3) is 0.520. The van der Waals surface area contributed by atoms with E-state index in [1.54, 1.807) is 12.3 Å². The first-order chi connectivity index (χ1) is 15.2. The molecule has 0 radical (unpaired) electrons. The molecule has 3 aromatic rings. The number of aromatic nitrogens is 4. The molecule has 3 aromatic heterocycles. The minimum absolute atomic E-state index is 0.293. The molecule has 7 nitrogen and oxygen atoms in total. The highest BCUT2D eigenvalue weighted by Crippen LogP contribution is 2.26. The Bertz CT molecular complexity index is 1050. The second-order valence-electron chi connectivity index (χ2n) is 9.64. The van der Waals surface area contributed by atoms with Gasteiger partial charge in [-0.1, -0.05) is 40.5 Å². The molecular formula is C25H35N5O2. The van der Waals surface area contributed by atoms with E-state index >= 15 is 0 Å². The molecule has 0 aliphatic rings. The Balaban J connectivity index is 1.65. The van der Waals surface area contributed by atoms with E-state index in [9.17, 15) is 4.79 Å². The van der Waals surface area contributed by atoms with E-state index in [4.69, 9.17) is 4.74 Å². The maximum Gasteiger partial charge on any atom is 0.262 e. The van der Waals surface area contributed by atoms with Gasteiger partial charge in [0.2, 0.25) is 0 Å². The molecule has 1 atom stereocenters. The lowest BCUT2D eigenvalue weighted by Gasteiger charge is -2.18. The summed E-state index contributed by atoms with van der Waals surface area (Å²) in [7, 11) is 0. The third-order valence-corrected chi connectivity index (χ3v) is 5.47. The Morgan fingerprint density at radius 3 is 2.62 bits per heavy atom. The molecule has 172 valence electrons. The minimum Gasteiger partial charge on any atom is -0.493 e. The number of aryl methyl sites for hydroxylation is 1. The summed E-state index contributed by atoms with van der Waals surface area (Å²) in [5.74, 6) is 0.960. The summed E-state index contributed by atoms with van der Waals surface area (Å²) in [6.45, 7) is 13.3. The van der Waals surface area contributed by atoms with Gasteiger partial charge < -0.3 is 14.5 Å². The smallest absolute Gasteiger partial charge is 0.262 e. The van der Waals surface area contributed by atoms with Crippen LogP contribution >= 0.6 is 0 Å². The number of unbranched alkanes of at least 4 members (excludes halogenated alkanes) is 1. The number of imidazole rings is 1. The highest BCUT2D eigenvalue weighted by molar-refractivity contribution is 6.05. The van der Waals surface area contributed by atoms with Gasteiger partial charge >= 0.3 is 0 Å². The number of hydrogen-bond donors (Lipinski definition) is 1. The van der Waals surface area contributed by atoms with Crippen LogP contribution in [0.2, 0.25) is 0 Å². The number of hydrogen-bond acceptors (Lipinski definition) is 5. The normalized spacial score (nSPS) is 12.7. The average molecular weight is 438 g/mol. The molecule has 7 heteroatoms. The SMILES string of the molecule is CCOc1cc2nc(C)cn2cc1C(=O)Nc1ccc(C(C)CCCCC(C)(C)C)nn1. The van der Waals surface area contributed by atoms with Gasteiger partial charge in [0.15, 0.2) is 5.82 Å². The fourth-order valence-electron chi connectivity index (χ4n) is 3.70. The lowest BCUT2D eigenvalue weighted by atomic mass is 9.88. The molecule has 0 bridgehead atoms. The number of nitrogens with one attached hydrogen (secondary N) is 1. The molecule has 0 spiro atoms. The monoisotopic (exact) mass is 437 g/mol. The summed E-state index contributed by atoms with van der Waals surface area (Å²) < 4.78 is 7.50. The van der Waals surface area contributed by atoms with Crippen LogP contribution in [0.4, 0.5) is 5.82 Å². The molecule has 0 aromatic carbocycles. The number of fused-ring (bicyclic) bond motifs is 1. The molecular weight excluding hydrogens is 402 g/mol. The summed E-state index contributed by atoms with van der Waals surface area (Å²) in [6, 6.07) is 5.54. The number of amides is 1. The minimum atomic E-state index is -0.293. The van der Waals surface area contributed by atoms with Gasteiger partial charge in [0.05, 0.1) is 23.6 Å². The van der Waals surface area contributed by atoms with Crippen molar-refractivity contribution in [3.8, 4) is 5.75 Å². The van der Waals surface area contributed by atoms with E-state index in [0.717, 1.165) is 23.5 Å². The maximum absolute atomic E-state index is 12.9. The van der Waals surface area contributed by atoms with Gasteiger partial charge in [0.25, 0.3) is 5.91 Å². The molecule has 0 fully saturated rings. The van der Waals surface area contributed by atoms with Gasteiger partial charge in [-0.05, 0) is 44.2 Å². The second kappa shape index (κ2) is 10.1. The van der Waals surface area contributed by atoms with E-state index in [1.807, 2.05) is 36.6 Å². The molecule has 0 saturated carbocycles. The van der Waals surface area contributed by atoms with Crippen molar-refractivity contribution in [1.82, 2.24) is 19.6 Å². The Labute approximate surface area is 190 Å². The molecule has 0 aliphatic heterocycles. The predicted molar refractivity (Wildman–Crippen MR) is 127 cm³/mol. The third kappa shape index (κ3) is 6.28. The number of nitrogens with zero attached hydrogens (tertiary/aromatic N) is 4. The molecule has 0 aliphatic carbocycles. The van der Waals surface area contributed by atoms with Crippen molar-refractivity contribution >= 4 is 17.4 Å². The van der Waals surface area contributed by atoms with Crippen molar-refractivity contribution in [2.24, 2.45) is 5.41 Å². The first-order valence-electron chi connectivity index (χ1n) is 11.4. The number of ether oxygens (including phenoxy) is 1. The molecule has 3 heterocycles. The standard InChI is InChI=1S/C25H35N5O2/c1-7-32-21-14-23-26-18(3)15-30(23)16-19(21)24(31)27-22-12-11-20(28-29-22)17(2)10-8-9-13-25(4,5)6/h11-12,14-17H,7-10,13H2,1-6H3,(H,27,29,31). The fourth-order valence-corrected chi connectivity index (χ4v) is 3.70. The molecule has 1 N–H and O–H groups in total. The topological polar surface area (TPSA) is 81.4 Å². The van der Waals surface area contributed by atoms with E-state index in [2.05, 4.69) is 48.2 Å². The van der Waals surface area contributed by atoms with Gasteiger partial charge in [0.1, 0.15) is 11.4 Å². The highest BCUT2D eigenvalue weighted by Gasteiger charge is 2.17. The first-order valence-corrected chi connectivity index (χ1v) is 11.4. The van der Waals surface area contributed by atoms with Crippen molar-refractivity contribution in [2.45, 2.75) is 73.1 Å². The maximum atomic E-state index is 12.9. The van der Waals surface area contributed by atoms with Crippen molar-refractivity contribution in [2.75, 3.05) is 11.9 Å². The zero-order valence-corrected chi connectivity index (χ0v) is 20.1. The van der Waals surface area contributed by atoms with Gasteiger partial charge in [-0.3, -0.25) is 4.79 Å². The van der Waals surface area contributed by atoms with Gasteiger partial charge in [-0.15, -0.1) is 5.10 Å². The largest absolute Gasteiger partial charge is 0.493 e. The second-order valence-corrected chi connectivity index (χ2v) is 9.64. The number of carbonyl (C=O) groups is 1. The average Bonchev–Trinajstić information content (AvgIpc) is 3.09. The van der Waals surface area contributed by atoms with Crippen molar-refractivity contribution in [1.29, 1.82) is 0 Å². The number of pyridine rings is 1. The summed E-state index contributed by atoms with van der Waals surface area (Å²) in [4.78, 5) is 17.4.